The largest absolute Gasteiger partial charge is 0.417 e. The number of aryl methyl sites for hydroxylation is 1. The fourth-order valence-corrected chi connectivity index (χ4v) is 4.37. The van der Waals surface area contributed by atoms with Crippen LogP contribution in [0.2, 0.25) is 0 Å². The Morgan fingerprint density at radius 3 is 2.56 bits per heavy atom. The van der Waals surface area contributed by atoms with Gasteiger partial charge in [-0.1, -0.05) is 29.8 Å². The zero-order valence-electron chi connectivity index (χ0n) is 19.0. The van der Waals surface area contributed by atoms with Gasteiger partial charge in [-0.05, 0) is 37.5 Å². The van der Waals surface area contributed by atoms with Crippen LogP contribution in [0.3, 0.4) is 0 Å². The number of halogens is 3. The van der Waals surface area contributed by atoms with Gasteiger partial charge < -0.3 is 10.2 Å². The Morgan fingerprint density at radius 2 is 1.88 bits per heavy atom. The fraction of sp³-hybridized carbons (Fsp3) is 0.417. The van der Waals surface area contributed by atoms with Crippen molar-refractivity contribution in [1.82, 2.24) is 24.8 Å². The van der Waals surface area contributed by atoms with E-state index in [0.717, 1.165) is 23.4 Å². The molecule has 2 amide bonds. The molecule has 0 aliphatic carbocycles. The van der Waals surface area contributed by atoms with E-state index >= 15 is 0 Å². The van der Waals surface area contributed by atoms with Gasteiger partial charge in [0.15, 0.2) is 5.65 Å². The van der Waals surface area contributed by atoms with E-state index in [4.69, 9.17) is 0 Å². The Labute approximate surface area is 195 Å². The van der Waals surface area contributed by atoms with Gasteiger partial charge in [0.2, 0.25) is 11.8 Å². The molecule has 2 unspecified atom stereocenters. The minimum absolute atomic E-state index is 0.0914. The Bertz CT molecular complexity index is 1190. The van der Waals surface area contributed by atoms with Gasteiger partial charge in [-0.2, -0.15) is 13.2 Å². The number of alkyl halides is 3. The lowest BCUT2D eigenvalue weighted by Crippen LogP contribution is -2.41. The second-order valence-electron chi connectivity index (χ2n) is 8.75. The zero-order valence-corrected chi connectivity index (χ0v) is 19.0. The number of amides is 2. The highest BCUT2D eigenvalue weighted by atomic mass is 19.4. The molecule has 1 N–H and O–H groups in total. The van der Waals surface area contributed by atoms with Gasteiger partial charge in [0.25, 0.3) is 0 Å². The highest BCUT2D eigenvalue weighted by Crippen LogP contribution is 2.32. The van der Waals surface area contributed by atoms with Gasteiger partial charge in [0.05, 0.1) is 18.0 Å². The van der Waals surface area contributed by atoms with Crippen molar-refractivity contribution in [1.29, 1.82) is 0 Å². The molecule has 10 heteroatoms. The van der Waals surface area contributed by atoms with E-state index in [9.17, 15) is 22.8 Å². The highest BCUT2D eigenvalue weighted by Gasteiger charge is 2.33. The topological polar surface area (TPSA) is 79.6 Å². The Balaban J connectivity index is 1.52. The molecule has 7 nitrogen and oxygen atoms in total. The van der Waals surface area contributed by atoms with Gasteiger partial charge in [-0.15, -0.1) is 10.2 Å². The lowest BCUT2D eigenvalue weighted by Gasteiger charge is -2.33. The van der Waals surface area contributed by atoms with Gasteiger partial charge in [0.1, 0.15) is 5.82 Å². The molecule has 34 heavy (non-hydrogen) atoms. The van der Waals surface area contributed by atoms with Crippen LogP contribution >= 0.6 is 0 Å². The molecule has 180 valence electrons. The maximum Gasteiger partial charge on any atom is 0.417 e. The molecule has 1 saturated heterocycles. The Hall–Kier alpha value is -3.43. The van der Waals surface area contributed by atoms with Crippen molar-refractivity contribution in [3.05, 3.63) is 65.1 Å². The Morgan fingerprint density at radius 1 is 1.15 bits per heavy atom. The monoisotopic (exact) mass is 473 g/mol. The molecule has 2 aromatic heterocycles. The van der Waals surface area contributed by atoms with E-state index < -0.39 is 17.8 Å². The third-order valence-electron chi connectivity index (χ3n) is 6.13. The molecule has 0 spiro atoms. The number of hydrogen-bond acceptors (Lipinski definition) is 4. The summed E-state index contributed by atoms with van der Waals surface area (Å²) in [5, 5.41) is 11.0. The highest BCUT2D eigenvalue weighted by molar-refractivity contribution is 5.79. The molecule has 0 saturated carbocycles. The second-order valence-corrected chi connectivity index (χ2v) is 8.75. The number of pyridine rings is 1. The minimum atomic E-state index is -4.47. The maximum absolute atomic E-state index is 13.2. The number of piperidine rings is 1. The molecule has 2 atom stereocenters. The van der Waals surface area contributed by atoms with E-state index in [0.29, 0.717) is 37.4 Å². The fourth-order valence-electron chi connectivity index (χ4n) is 4.37. The molecule has 0 radical (unpaired) electrons. The summed E-state index contributed by atoms with van der Waals surface area (Å²) >= 11 is 0. The number of hydrogen-bond donors (Lipinski definition) is 1. The number of fused-ring (bicyclic) bond motifs is 1. The van der Waals surface area contributed by atoms with E-state index in [-0.39, 0.29) is 24.2 Å². The first kappa shape index (κ1) is 23.7. The number of likely N-dealkylation sites (tertiary alicyclic amines) is 1. The molecule has 1 aromatic carbocycles. The summed E-state index contributed by atoms with van der Waals surface area (Å²) in [6.45, 7) is 4.24. The summed E-state index contributed by atoms with van der Waals surface area (Å²) in [6, 6.07) is 9.46. The first-order valence-corrected chi connectivity index (χ1v) is 11.1. The average molecular weight is 473 g/mol. The number of aromatic nitrogens is 3. The van der Waals surface area contributed by atoms with Crippen LogP contribution in [-0.2, 0) is 15.8 Å². The van der Waals surface area contributed by atoms with Crippen molar-refractivity contribution in [3.63, 3.8) is 0 Å². The molecule has 4 rings (SSSR count). The lowest BCUT2D eigenvalue weighted by atomic mass is 9.95. The number of nitrogens with zero attached hydrogens (tertiary/aromatic N) is 4. The number of carbonyl (C=O) groups excluding carboxylic acids is 2. The number of nitrogens with one attached hydrogen (secondary N) is 1. The summed E-state index contributed by atoms with van der Waals surface area (Å²) in [4.78, 5) is 26.6. The minimum Gasteiger partial charge on any atom is -0.349 e. The summed E-state index contributed by atoms with van der Waals surface area (Å²) < 4.78 is 41.0. The molecule has 1 aliphatic heterocycles. The maximum atomic E-state index is 13.2. The predicted molar refractivity (Wildman–Crippen MR) is 119 cm³/mol. The smallest absolute Gasteiger partial charge is 0.349 e. The molecule has 3 heterocycles. The zero-order chi connectivity index (χ0) is 24.5. The third-order valence-corrected chi connectivity index (χ3v) is 6.13. The van der Waals surface area contributed by atoms with Crippen LogP contribution in [-0.4, -0.2) is 44.4 Å². The molecule has 1 fully saturated rings. The van der Waals surface area contributed by atoms with Crippen LogP contribution in [0, 0.1) is 6.92 Å². The third kappa shape index (κ3) is 5.21. The summed E-state index contributed by atoms with van der Waals surface area (Å²) in [5.41, 5.74) is 1.47. The van der Waals surface area contributed by atoms with Crippen molar-refractivity contribution in [2.24, 2.45) is 0 Å². The van der Waals surface area contributed by atoms with Crippen LogP contribution in [0.1, 0.15) is 60.7 Å². The van der Waals surface area contributed by atoms with Crippen LogP contribution in [0.5, 0.6) is 0 Å². The van der Waals surface area contributed by atoms with E-state index in [1.165, 1.54) is 17.4 Å². The predicted octanol–water partition coefficient (Wildman–Crippen LogP) is 4.03. The van der Waals surface area contributed by atoms with Crippen LogP contribution in [0.15, 0.2) is 42.6 Å². The standard InChI is InChI=1S/C24H26F3N5O2/c1-15-5-7-17(8-6-15)20(28-16(2)33)12-22(34)31-11-3-4-18(13-31)23-30-29-21-10-9-19(14-32(21)23)24(25,26)27/h5-10,14,18,20H,3-4,11-13H2,1-2H3,(H,28,33). The van der Waals surface area contributed by atoms with Gasteiger partial charge in [-0.3, -0.25) is 14.0 Å². The quantitative estimate of drug-likeness (QED) is 0.607. The van der Waals surface area contributed by atoms with Gasteiger partial charge in [-0.25, -0.2) is 0 Å². The summed E-state index contributed by atoms with van der Waals surface area (Å²) in [6.07, 6.45) is -1.99. The first-order chi connectivity index (χ1) is 16.1. The van der Waals surface area contributed by atoms with Crippen molar-refractivity contribution in [3.8, 4) is 0 Å². The van der Waals surface area contributed by atoms with Gasteiger partial charge in [0, 0.05) is 32.1 Å². The van der Waals surface area contributed by atoms with E-state index in [1.807, 2.05) is 31.2 Å². The Kier molecular flexibility index (Phi) is 6.58. The normalized spacial score (nSPS) is 17.6. The van der Waals surface area contributed by atoms with Crippen LogP contribution in [0.4, 0.5) is 13.2 Å². The molecular formula is C24H26F3N5O2. The lowest BCUT2D eigenvalue weighted by molar-refractivity contribution is -0.138. The second kappa shape index (κ2) is 9.44. The van der Waals surface area contributed by atoms with Crippen molar-refractivity contribution >= 4 is 17.5 Å². The average Bonchev–Trinajstić information content (AvgIpc) is 3.22. The molecular weight excluding hydrogens is 447 g/mol. The van der Waals surface area contributed by atoms with Crippen molar-refractivity contribution in [2.75, 3.05) is 13.1 Å². The molecule has 3 aromatic rings. The van der Waals surface area contributed by atoms with Crippen molar-refractivity contribution in [2.45, 2.75) is 51.2 Å². The number of rotatable bonds is 5. The van der Waals surface area contributed by atoms with E-state index in [1.54, 1.807) is 4.90 Å². The summed E-state index contributed by atoms with van der Waals surface area (Å²) in [5.74, 6) is -0.190. The van der Waals surface area contributed by atoms with Gasteiger partial charge >= 0.3 is 6.18 Å². The molecule has 0 bridgehead atoms. The number of carbonyl (C=O) groups is 2. The van der Waals surface area contributed by atoms with E-state index in [2.05, 4.69) is 15.5 Å². The first-order valence-electron chi connectivity index (χ1n) is 11.1. The van der Waals surface area contributed by atoms with Crippen LogP contribution in [0.25, 0.3) is 5.65 Å². The number of benzene rings is 1. The van der Waals surface area contributed by atoms with Crippen LogP contribution < -0.4 is 5.32 Å². The molecule has 1 aliphatic rings. The SMILES string of the molecule is CC(=O)NC(CC(=O)N1CCCC(c2nnc3ccc(C(F)(F)F)cn23)C1)c1ccc(C)cc1. The van der Waals surface area contributed by atoms with Crippen molar-refractivity contribution < 1.29 is 22.8 Å². The summed E-state index contributed by atoms with van der Waals surface area (Å²) in [7, 11) is 0.